The third-order valence-electron chi connectivity index (χ3n) is 5.03. The molecule has 1 aromatic heterocycles. The number of aromatic nitrogens is 1. The molecule has 1 fully saturated rings. The van der Waals surface area contributed by atoms with E-state index in [1.54, 1.807) is 18.2 Å². The summed E-state index contributed by atoms with van der Waals surface area (Å²) in [6.45, 7) is 3.59. The van der Waals surface area contributed by atoms with Crippen LogP contribution in [0.25, 0.3) is 0 Å². The quantitative estimate of drug-likeness (QED) is 0.288. The van der Waals surface area contributed by atoms with Crippen molar-refractivity contribution < 1.29 is 4.79 Å². The van der Waals surface area contributed by atoms with Crippen molar-refractivity contribution in [3.63, 3.8) is 0 Å². The van der Waals surface area contributed by atoms with Crippen LogP contribution >= 0.6 is 46.3 Å². The number of halogens is 2. The molecule has 31 heavy (non-hydrogen) atoms. The van der Waals surface area contributed by atoms with E-state index in [-0.39, 0.29) is 27.2 Å². The molecule has 1 saturated heterocycles. The van der Waals surface area contributed by atoms with Crippen molar-refractivity contribution in [1.82, 2.24) is 9.88 Å². The number of thioether (sulfide) groups is 1. The van der Waals surface area contributed by atoms with Gasteiger partial charge in [0.1, 0.15) is 10.7 Å². The number of nitrogens with two attached hydrogens (primary N) is 1. The van der Waals surface area contributed by atoms with Gasteiger partial charge in [-0.05, 0) is 62.3 Å². The Kier molecular flexibility index (Phi) is 7.40. The number of carbonyl (C=O) groups is 1. The maximum atomic E-state index is 12.9. The van der Waals surface area contributed by atoms with Crippen molar-refractivity contribution >= 4 is 68.7 Å². The van der Waals surface area contributed by atoms with Gasteiger partial charge < -0.3 is 16.0 Å². The molecule has 162 valence electrons. The summed E-state index contributed by atoms with van der Waals surface area (Å²) in [5.74, 6) is 0.914. The second-order valence-corrected chi connectivity index (χ2v) is 10.2. The van der Waals surface area contributed by atoms with Crippen LogP contribution in [0.15, 0.2) is 47.4 Å². The van der Waals surface area contributed by atoms with Crippen molar-refractivity contribution in [2.24, 2.45) is 0 Å². The molecule has 1 aliphatic rings. The summed E-state index contributed by atoms with van der Waals surface area (Å²) < 4.78 is 0. The molecule has 0 saturated carbocycles. The van der Waals surface area contributed by atoms with E-state index in [0.717, 1.165) is 18.0 Å². The van der Waals surface area contributed by atoms with E-state index in [4.69, 9.17) is 28.9 Å². The van der Waals surface area contributed by atoms with Crippen LogP contribution in [0, 0.1) is 0 Å². The number of anilines is 3. The number of rotatable bonds is 8. The third kappa shape index (κ3) is 5.54. The molecule has 3 N–H and O–H groups in total. The Bertz CT molecular complexity index is 1050. The molecule has 2 heterocycles. The Morgan fingerprint density at radius 1 is 1.13 bits per heavy atom. The molecule has 4 rings (SSSR count). The van der Waals surface area contributed by atoms with Gasteiger partial charge in [0.05, 0.1) is 15.6 Å². The topological polar surface area (TPSA) is 71.2 Å². The van der Waals surface area contributed by atoms with Crippen LogP contribution in [-0.4, -0.2) is 41.1 Å². The normalized spacial score (nSPS) is 14.1. The smallest absolute Gasteiger partial charge is 0.209 e. The minimum atomic E-state index is -0.330. The number of likely N-dealkylation sites (tertiary alicyclic amines) is 1. The van der Waals surface area contributed by atoms with Gasteiger partial charge in [-0.1, -0.05) is 40.6 Å². The molecule has 0 radical (unpaired) electrons. The first kappa shape index (κ1) is 22.4. The van der Waals surface area contributed by atoms with Gasteiger partial charge in [0.25, 0.3) is 0 Å². The molecule has 0 atom stereocenters. The first-order valence-electron chi connectivity index (χ1n) is 9.98. The number of hydrogen-bond donors (Lipinski definition) is 2. The standard InChI is InChI=1S/C22H22Cl2N4OS2/c23-16-4-3-5-17(24)18(16)19(29)20-21(25)27-22(31-20)26-14-6-8-15(9-7-14)30-13-12-28-10-1-2-11-28/h3-9H,1-2,10-13,25H2,(H,26,27). The van der Waals surface area contributed by atoms with Crippen LogP contribution in [0.2, 0.25) is 10.0 Å². The van der Waals surface area contributed by atoms with Gasteiger partial charge in [0, 0.05) is 22.9 Å². The van der Waals surface area contributed by atoms with E-state index in [1.165, 1.54) is 42.2 Å². The Balaban J connectivity index is 1.39. The lowest BCUT2D eigenvalue weighted by atomic mass is 10.1. The number of ketones is 1. The first-order chi connectivity index (χ1) is 15.0. The molecule has 0 bridgehead atoms. The summed E-state index contributed by atoms with van der Waals surface area (Å²) in [6.07, 6.45) is 2.65. The summed E-state index contributed by atoms with van der Waals surface area (Å²) in [5.41, 5.74) is 7.13. The fraction of sp³-hybridized carbons (Fsp3) is 0.273. The van der Waals surface area contributed by atoms with Gasteiger partial charge in [0.15, 0.2) is 5.13 Å². The largest absolute Gasteiger partial charge is 0.382 e. The monoisotopic (exact) mass is 492 g/mol. The average Bonchev–Trinajstić information content (AvgIpc) is 3.39. The van der Waals surface area contributed by atoms with Gasteiger partial charge in [0.2, 0.25) is 5.78 Å². The lowest BCUT2D eigenvalue weighted by Crippen LogP contribution is -2.21. The van der Waals surface area contributed by atoms with Crippen molar-refractivity contribution in [1.29, 1.82) is 0 Å². The number of thiazole rings is 1. The molecule has 0 aliphatic carbocycles. The minimum absolute atomic E-state index is 0.155. The highest BCUT2D eigenvalue weighted by atomic mass is 35.5. The lowest BCUT2D eigenvalue weighted by molar-refractivity contribution is 0.104. The Morgan fingerprint density at radius 2 is 1.81 bits per heavy atom. The van der Waals surface area contributed by atoms with Crippen molar-refractivity contribution in [3.05, 3.63) is 63.0 Å². The lowest BCUT2D eigenvalue weighted by Gasteiger charge is -2.13. The van der Waals surface area contributed by atoms with E-state index in [2.05, 4.69) is 27.3 Å². The summed E-state index contributed by atoms with van der Waals surface area (Å²) >= 11 is 15.4. The molecular weight excluding hydrogens is 471 g/mol. The Labute approximate surface area is 199 Å². The molecule has 1 aliphatic heterocycles. The number of nitrogens with zero attached hydrogens (tertiary/aromatic N) is 2. The van der Waals surface area contributed by atoms with Crippen LogP contribution in [0.1, 0.15) is 28.1 Å². The highest BCUT2D eigenvalue weighted by Crippen LogP contribution is 2.34. The zero-order valence-corrected chi connectivity index (χ0v) is 19.9. The van der Waals surface area contributed by atoms with Gasteiger partial charge in [-0.15, -0.1) is 11.8 Å². The molecule has 9 heteroatoms. The van der Waals surface area contributed by atoms with Crippen LogP contribution in [0.4, 0.5) is 16.6 Å². The number of benzene rings is 2. The van der Waals surface area contributed by atoms with Gasteiger partial charge in [-0.3, -0.25) is 4.79 Å². The van der Waals surface area contributed by atoms with E-state index >= 15 is 0 Å². The van der Waals surface area contributed by atoms with E-state index in [1.807, 2.05) is 23.9 Å². The molecule has 0 unspecified atom stereocenters. The van der Waals surface area contributed by atoms with Gasteiger partial charge in [-0.25, -0.2) is 4.98 Å². The third-order valence-corrected chi connectivity index (χ3v) is 7.64. The van der Waals surface area contributed by atoms with E-state index < -0.39 is 0 Å². The van der Waals surface area contributed by atoms with Crippen molar-refractivity contribution in [3.8, 4) is 0 Å². The summed E-state index contributed by atoms with van der Waals surface area (Å²) in [6, 6.07) is 13.1. The molecular formula is C22H22Cl2N4OS2. The predicted octanol–water partition coefficient (Wildman–Crippen LogP) is 6.19. The van der Waals surface area contributed by atoms with Gasteiger partial charge >= 0.3 is 0 Å². The van der Waals surface area contributed by atoms with Crippen LogP contribution in [0.3, 0.4) is 0 Å². The molecule has 5 nitrogen and oxygen atoms in total. The summed E-state index contributed by atoms with van der Waals surface area (Å²) in [4.78, 5) is 21.3. The first-order valence-corrected chi connectivity index (χ1v) is 12.5. The highest BCUT2D eigenvalue weighted by Gasteiger charge is 2.22. The van der Waals surface area contributed by atoms with E-state index in [9.17, 15) is 4.79 Å². The maximum absolute atomic E-state index is 12.9. The van der Waals surface area contributed by atoms with Crippen molar-refractivity contribution in [2.75, 3.05) is 36.4 Å². The number of nitrogen functional groups attached to an aromatic ring is 1. The zero-order valence-electron chi connectivity index (χ0n) is 16.7. The second-order valence-electron chi connectivity index (χ2n) is 7.21. The fourth-order valence-corrected chi connectivity index (χ4v) is 5.77. The summed E-state index contributed by atoms with van der Waals surface area (Å²) in [5, 5.41) is 4.34. The second kappa shape index (κ2) is 10.2. The Morgan fingerprint density at radius 3 is 2.48 bits per heavy atom. The maximum Gasteiger partial charge on any atom is 0.209 e. The molecule has 0 spiro atoms. The SMILES string of the molecule is Nc1nc(Nc2ccc(SCCN3CCCC3)cc2)sc1C(=O)c1c(Cl)cccc1Cl. The zero-order chi connectivity index (χ0) is 21.8. The van der Waals surface area contributed by atoms with Crippen LogP contribution in [-0.2, 0) is 0 Å². The average molecular weight is 493 g/mol. The molecule has 3 aromatic rings. The molecule has 2 aromatic carbocycles. The fourth-order valence-electron chi connectivity index (χ4n) is 3.43. The van der Waals surface area contributed by atoms with E-state index in [0.29, 0.717) is 10.0 Å². The Hall–Kier alpha value is -1.77. The predicted molar refractivity (Wildman–Crippen MR) is 133 cm³/mol. The molecule has 0 amide bonds. The minimum Gasteiger partial charge on any atom is -0.382 e. The number of nitrogens with one attached hydrogen (secondary N) is 1. The number of carbonyl (C=O) groups excluding carboxylic acids is 1. The van der Waals surface area contributed by atoms with Gasteiger partial charge in [-0.2, -0.15) is 0 Å². The van der Waals surface area contributed by atoms with Crippen LogP contribution < -0.4 is 11.1 Å². The number of hydrogen-bond acceptors (Lipinski definition) is 7. The van der Waals surface area contributed by atoms with Crippen LogP contribution in [0.5, 0.6) is 0 Å². The highest BCUT2D eigenvalue weighted by molar-refractivity contribution is 7.99. The summed E-state index contributed by atoms with van der Waals surface area (Å²) in [7, 11) is 0. The van der Waals surface area contributed by atoms with Crippen molar-refractivity contribution in [2.45, 2.75) is 17.7 Å².